The first-order chi connectivity index (χ1) is 9.33. The largest absolute Gasteiger partial charge is 0.324 e. The van der Waals surface area contributed by atoms with Crippen molar-refractivity contribution in [2.45, 2.75) is 19.3 Å². The van der Waals surface area contributed by atoms with Gasteiger partial charge in [0, 0.05) is 18.0 Å². The smallest absolute Gasteiger partial charge is 0.141 e. The molecule has 3 heteroatoms. The van der Waals surface area contributed by atoms with Crippen LogP contribution in [0.2, 0.25) is 0 Å². The maximum atomic E-state index is 5.91. The predicted octanol–water partition coefficient (Wildman–Crippen LogP) is 4.46. The number of alkyl halides is 1. The highest BCUT2D eigenvalue weighted by Gasteiger charge is 2.11. The summed E-state index contributed by atoms with van der Waals surface area (Å²) in [4.78, 5) is 4.75. The van der Waals surface area contributed by atoms with Gasteiger partial charge in [0.15, 0.2) is 0 Å². The zero-order valence-corrected chi connectivity index (χ0v) is 11.6. The molecule has 0 aliphatic carbocycles. The number of imidazole rings is 1. The Morgan fingerprint density at radius 1 is 1.11 bits per heavy atom. The minimum atomic E-state index is 0.528. The molecule has 0 bridgehead atoms. The van der Waals surface area contributed by atoms with Gasteiger partial charge >= 0.3 is 0 Å². The van der Waals surface area contributed by atoms with Crippen LogP contribution >= 0.6 is 11.6 Å². The Kier molecular flexibility index (Phi) is 3.26. The summed E-state index contributed by atoms with van der Waals surface area (Å²) in [6, 6.07) is 16.5. The fourth-order valence-electron chi connectivity index (χ4n) is 2.41. The summed E-state index contributed by atoms with van der Waals surface area (Å²) in [5, 5.41) is 0. The lowest BCUT2D eigenvalue weighted by Gasteiger charge is -2.07. The summed E-state index contributed by atoms with van der Waals surface area (Å²) in [6.07, 6.45) is 0. The number of aromatic nitrogens is 2. The standard InChI is InChI=1S/C16H15ClN2/c1-2-19-15-9-4-3-8-14(15)18-16(19)13-7-5-6-12(10-13)11-17/h3-10H,2,11H2,1H3. The third kappa shape index (κ3) is 2.13. The molecule has 1 heterocycles. The van der Waals surface area contributed by atoms with E-state index in [0.29, 0.717) is 5.88 Å². The quantitative estimate of drug-likeness (QED) is 0.643. The monoisotopic (exact) mass is 270 g/mol. The number of hydrogen-bond donors (Lipinski definition) is 0. The summed E-state index contributed by atoms with van der Waals surface area (Å²) in [5.41, 5.74) is 4.46. The lowest BCUT2D eigenvalue weighted by atomic mass is 10.1. The number of halogens is 1. The fraction of sp³-hybridized carbons (Fsp3) is 0.188. The number of benzene rings is 2. The van der Waals surface area contributed by atoms with Crippen molar-refractivity contribution in [1.29, 1.82) is 0 Å². The van der Waals surface area contributed by atoms with E-state index in [2.05, 4.69) is 41.8 Å². The van der Waals surface area contributed by atoms with Crippen molar-refractivity contribution >= 4 is 22.6 Å². The van der Waals surface area contributed by atoms with Crippen molar-refractivity contribution in [2.75, 3.05) is 0 Å². The van der Waals surface area contributed by atoms with Crippen LogP contribution in [0.3, 0.4) is 0 Å². The zero-order chi connectivity index (χ0) is 13.2. The van der Waals surface area contributed by atoms with Crippen LogP contribution in [0.1, 0.15) is 12.5 Å². The number of nitrogens with zero attached hydrogens (tertiary/aromatic N) is 2. The zero-order valence-electron chi connectivity index (χ0n) is 10.8. The van der Waals surface area contributed by atoms with Gasteiger partial charge in [0.25, 0.3) is 0 Å². The number of hydrogen-bond acceptors (Lipinski definition) is 1. The molecule has 96 valence electrons. The van der Waals surface area contributed by atoms with E-state index >= 15 is 0 Å². The summed E-state index contributed by atoms with van der Waals surface area (Å²) in [7, 11) is 0. The number of para-hydroxylation sites is 2. The van der Waals surface area contributed by atoms with E-state index < -0.39 is 0 Å². The van der Waals surface area contributed by atoms with Gasteiger partial charge in [0.1, 0.15) is 5.82 Å². The van der Waals surface area contributed by atoms with Crippen LogP contribution < -0.4 is 0 Å². The minimum Gasteiger partial charge on any atom is -0.324 e. The highest BCUT2D eigenvalue weighted by atomic mass is 35.5. The van der Waals surface area contributed by atoms with E-state index in [-0.39, 0.29) is 0 Å². The molecule has 0 unspecified atom stereocenters. The van der Waals surface area contributed by atoms with Gasteiger partial charge in [-0.25, -0.2) is 4.98 Å². The molecule has 0 aliphatic rings. The first-order valence-electron chi connectivity index (χ1n) is 6.44. The Balaban J connectivity index is 2.23. The Morgan fingerprint density at radius 2 is 1.95 bits per heavy atom. The molecule has 0 N–H and O–H groups in total. The second-order valence-corrected chi connectivity index (χ2v) is 4.77. The van der Waals surface area contributed by atoms with Gasteiger partial charge in [-0.05, 0) is 30.7 Å². The molecule has 19 heavy (non-hydrogen) atoms. The molecule has 1 aromatic heterocycles. The summed E-state index contributed by atoms with van der Waals surface area (Å²) >= 11 is 5.91. The van der Waals surface area contributed by atoms with E-state index in [1.165, 1.54) is 5.52 Å². The average molecular weight is 271 g/mol. The molecule has 3 rings (SSSR count). The normalized spacial score (nSPS) is 11.1. The SMILES string of the molecule is CCn1c(-c2cccc(CCl)c2)nc2ccccc21. The number of rotatable bonds is 3. The first-order valence-corrected chi connectivity index (χ1v) is 6.97. The van der Waals surface area contributed by atoms with E-state index in [1.807, 2.05) is 18.2 Å². The predicted molar refractivity (Wildman–Crippen MR) is 80.4 cm³/mol. The second kappa shape index (κ2) is 5.06. The Morgan fingerprint density at radius 3 is 2.74 bits per heavy atom. The third-order valence-electron chi connectivity index (χ3n) is 3.31. The first kappa shape index (κ1) is 12.2. The highest BCUT2D eigenvalue weighted by Crippen LogP contribution is 2.25. The lowest BCUT2D eigenvalue weighted by molar-refractivity contribution is 0.796. The van der Waals surface area contributed by atoms with Crippen LogP contribution in [-0.2, 0) is 12.4 Å². The molecule has 0 spiro atoms. The molecule has 0 amide bonds. The van der Waals surface area contributed by atoms with Gasteiger partial charge in [-0.2, -0.15) is 0 Å². The van der Waals surface area contributed by atoms with E-state index in [4.69, 9.17) is 16.6 Å². The second-order valence-electron chi connectivity index (χ2n) is 4.50. The average Bonchev–Trinajstić information content (AvgIpc) is 2.86. The highest BCUT2D eigenvalue weighted by molar-refractivity contribution is 6.17. The van der Waals surface area contributed by atoms with Crippen molar-refractivity contribution < 1.29 is 0 Å². The van der Waals surface area contributed by atoms with E-state index in [0.717, 1.165) is 29.0 Å². The van der Waals surface area contributed by atoms with Crippen molar-refractivity contribution in [3.8, 4) is 11.4 Å². The number of fused-ring (bicyclic) bond motifs is 1. The van der Waals surface area contributed by atoms with Crippen LogP contribution in [0.5, 0.6) is 0 Å². The molecule has 0 aliphatic heterocycles. The molecular weight excluding hydrogens is 256 g/mol. The molecule has 0 saturated carbocycles. The Bertz CT molecular complexity index is 716. The topological polar surface area (TPSA) is 17.8 Å². The summed E-state index contributed by atoms with van der Waals surface area (Å²) < 4.78 is 2.24. The van der Waals surface area contributed by atoms with Crippen LogP contribution in [-0.4, -0.2) is 9.55 Å². The molecule has 0 radical (unpaired) electrons. The van der Waals surface area contributed by atoms with Crippen LogP contribution in [0.4, 0.5) is 0 Å². The third-order valence-corrected chi connectivity index (χ3v) is 3.62. The molecule has 2 nitrogen and oxygen atoms in total. The molecule has 3 aromatic rings. The van der Waals surface area contributed by atoms with Crippen molar-refractivity contribution in [1.82, 2.24) is 9.55 Å². The van der Waals surface area contributed by atoms with Crippen molar-refractivity contribution in [2.24, 2.45) is 0 Å². The van der Waals surface area contributed by atoms with Gasteiger partial charge in [0.05, 0.1) is 11.0 Å². The van der Waals surface area contributed by atoms with E-state index in [1.54, 1.807) is 0 Å². The van der Waals surface area contributed by atoms with Crippen LogP contribution in [0.15, 0.2) is 48.5 Å². The molecular formula is C16H15ClN2. The number of aryl methyl sites for hydroxylation is 1. The molecule has 0 saturated heterocycles. The van der Waals surface area contributed by atoms with Gasteiger partial charge < -0.3 is 4.57 Å². The van der Waals surface area contributed by atoms with Crippen LogP contribution in [0.25, 0.3) is 22.4 Å². The molecule has 2 aromatic carbocycles. The summed E-state index contributed by atoms with van der Waals surface area (Å²) in [5.74, 6) is 1.54. The maximum Gasteiger partial charge on any atom is 0.141 e. The Labute approximate surface area is 117 Å². The molecule has 0 atom stereocenters. The van der Waals surface area contributed by atoms with Crippen molar-refractivity contribution in [3.05, 3.63) is 54.1 Å². The van der Waals surface area contributed by atoms with Gasteiger partial charge in [-0.15, -0.1) is 11.6 Å². The van der Waals surface area contributed by atoms with Gasteiger partial charge in [0.2, 0.25) is 0 Å². The van der Waals surface area contributed by atoms with Gasteiger partial charge in [-0.3, -0.25) is 0 Å². The Hall–Kier alpha value is -1.80. The van der Waals surface area contributed by atoms with Gasteiger partial charge in [-0.1, -0.05) is 30.3 Å². The minimum absolute atomic E-state index is 0.528. The fourth-order valence-corrected chi connectivity index (χ4v) is 2.58. The van der Waals surface area contributed by atoms with Crippen molar-refractivity contribution in [3.63, 3.8) is 0 Å². The summed E-state index contributed by atoms with van der Waals surface area (Å²) in [6.45, 7) is 3.05. The maximum absolute atomic E-state index is 5.91. The molecule has 0 fully saturated rings. The van der Waals surface area contributed by atoms with E-state index in [9.17, 15) is 0 Å². The van der Waals surface area contributed by atoms with Crippen LogP contribution in [0, 0.1) is 0 Å². The lowest BCUT2D eigenvalue weighted by Crippen LogP contribution is -1.97.